The molecule has 0 amide bonds. The van der Waals surface area contributed by atoms with Crippen molar-refractivity contribution >= 4 is 18.4 Å². The molecular formula is C19H26NO6P. The van der Waals surface area contributed by atoms with Gasteiger partial charge in [0.15, 0.2) is 17.3 Å². The van der Waals surface area contributed by atoms with E-state index in [1.165, 1.54) is 28.4 Å². The molecule has 2 aromatic rings. The standard InChI is InChI=1S/C19H26NO6P/c1-20(2)14-7-9-15(10-8-14)27(22,26-6)19(21)13-11-16(23-3)18(25-5)17(12-13)24-4/h7-12,19,21H,1-6H3. The van der Waals surface area contributed by atoms with E-state index in [-0.39, 0.29) is 0 Å². The quantitative estimate of drug-likeness (QED) is 0.689. The Morgan fingerprint density at radius 3 is 1.81 bits per heavy atom. The maximum absolute atomic E-state index is 13.5. The number of hydrogen-bond acceptors (Lipinski definition) is 7. The Morgan fingerprint density at radius 1 is 0.926 bits per heavy atom. The first-order valence-corrected chi connectivity index (χ1v) is 9.93. The van der Waals surface area contributed by atoms with Crippen LogP contribution in [0.2, 0.25) is 0 Å². The molecule has 0 fully saturated rings. The highest BCUT2D eigenvalue weighted by Crippen LogP contribution is 2.58. The van der Waals surface area contributed by atoms with E-state index in [0.29, 0.717) is 28.1 Å². The van der Waals surface area contributed by atoms with Gasteiger partial charge in [-0.3, -0.25) is 4.57 Å². The summed E-state index contributed by atoms with van der Waals surface area (Å²) in [6, 6.07) is 10.2. The minimum absolute atomic E-state index is 0.339. The zero-order valence-electron chi connectivity index (χ0n) is 16.4. The largest absolute Gasteiger partial charge is 0.493 e. The summed E-state index contributed by atoms with van der Waals surface area (Å²) in [4.78, 5) is 1.93. The molecule has 27 heavy (non-hydrogen) atoms. The van der Waals surface area contributed by atoms with Gasteiger partial charge in [-0.15, -0.1) is 0 Å². The Morgan fingerprint density at radius 2 is 1.44 bits per heavy atom. The number of nitrogens with zero attached hydrogens (tertiary/aromatic N) is 1. The van der Waals surface area contributed by atoms with Crippen molar-refractivity contribution in [2.75, 3.05) is 47.4 Å². The summed E-state index contributed by atoms with van der Waals surface area (Å²) in [5.74, 6) is -0.298. The third-order valence-electron chi connectivity index (χ3n) is 4.30. The van der Waals surface area contributed by atoms with Gasteiger partial charge in [-0.1, -0.05) is 0 Å². The van der Waals surface area contributed by atoms with Crippen molar-refractivity contribution in [3.8, 4) is 17.2 Å². The highest BCUT2D eigenvalue weighted by atomic mass is 31.2. The summed E-state index contributed by atoms with van der Waals surface area (Å²) in [5.41, 5.74) is 1.29. The lowest BCUT2D eigenvalue weighted by atomic mass is 10.2. The van der Waals surface area contributed by atoms with E-state index in [4.69, 9.17) is 18.7 Å². The minimum Gasteiger partial charge on any atom is -0.493 e. The van der Waals surface area contributed by atoms with Crippen molar-refractivity contribution in [2.24, 2.45) is 0 Å². The van der Waals surface area contributed by atoms with E-state index in [9.17, 15) is 9.67 Å². The first-order chi connectivity index (χ1) is 12.8. The molecule has 148 valence electrons. The number of rotatable bonds is 8. The van der Waals surface area contributed by atoms with Gasteiger partial charge in [0.25, 0.3) is 7.37 Å². The molecule has 0 spiro atoms. The van der Waals surface area contributed by atoms with Crippen LogP contribution in [0.15, 0.2) is 36.4 Å². The van der Waals surface area contributed by atoms with E-state index >= 15 is 0 Å². The van der Waals surface area contributed by atoms with Crippen LogP contribution < -0.4 is 24.4 Å². The number of methoxy groups -OCH3 is 3. The number of ether oxygens (including phenoxy) is 3. The molecule has 0 aliphatic rings. The molecule has 2 aromatic carbocycles. The molecule has 1 N–H and O–H groups in total. The molecule has 0 aromatic heterocycles. The van der Waals surface area contributed by atoms with Gasteiger partial charge in [-0.25, -0.2) is 0 Å². The van der Waals surface area contributed by atoms with Crippen molar-refractivity contribution in [1.82, 2.24) is 0 Å². The first-order valence-electron chi connectivity index (χ1n) is 8.23. The fraction of sp³-hybridized carbons (Fsp3) is 0.368. The molecule has 7 nitrogen and oxygen atoms in total. The Labute approximate surface area is 159 Å². The molecule has 0 radical (unpaired) electrons. The van der Waals surface area contributed by atoms with E-state index < -0.39 is 13.2 Å². The summed E-state index contributed by atoms with van der Waals surface area (Å²) in [5, 5.41) is 11.3. The van der Waals surface area contributed by atoms with Gasteiger partial charge < -0.3 is 28.7 Å². The van der Waals surface area contributed by atoms with Crippen LogP contribution in [-0.2, 0) is 9.09 Å². The van der Waals surface area contributed by atoms with Crippen molar-refractivity contribution in [2.45, 2.75) is 5.85 Å². The van der Waals surface area contributed by atoms with E-state index in [2.05, 4.69) is 0 Å². The van der Waals surface area contributed by atoms with Gasteiger partial charge in [0.1, 0.15) is 0 Å². The second-order valence-electron chi connectivity index (χ2n) is 6.02. The van der Waals surface area contributed by atoms with Crippen LogP contribution in [0.5, 0.6) is 17.2 Å². The third-order valence-corrected chi connectivity index (χ3v) is 6.81. The van der Waals surface area contributed by atoms with Gasteiger partial charge in [0.05, 0.1) is 21.3 Å². The van der Waals surface area contributed by atoms with E-state index in [1.807, 2.05) is 31.1 Å². The lowest BCUT2D eigenvalue weighted by Gasteiger charge is -2.24. The zero-order chi connectivity index (χ0) is 20.2. The molecule has 0 heterocycles. The van der Waals surface area contributed by atoms with Gasteiger partial charge in [-0.2, -0.15) is 0 Å². The highest BCUT2D eigenvalue weighted by Gasteiger charge is 2.36. The lowest BCUT2D eigenvalue weighted by Crippen LogP contribution is -2.15. The molecule has 0 bridgehead atoms. The second kappa shape index (κ2) is 8.65. The molecular weight excluding hydrogens is 369 g/mol. The van der Waals surface area contributed by atoms with Crippen molar-refractivity contribution in [1.29, 1.82) is 0 Å². The van der Waals surface area contributed by atoms with Crippen molar-refractivity contribution in [3.05, 3.63) is 42.0 Å². The van der Waals surface area contributed by atoms with Crippen LogP contribution >= 0.6 is 7.37 Å². The van der Waals surface area contributed by atoms with Crippen LogP contribution in [0.3, 0.4) is 0 Å². The topological polar surface area (TPSA) is 77.5 Å². The van der Waals surface area contributed by atoms with Crippen molar-refractivity contribution in [3.63, 3.8) is 0 Å². The predicted molar refractivity (Wildman–Crippen MR) is 106 cm³/mol. The van der Waals surface area contributed by atoms with Crippen molar-refractivity contribution < 1.29 is 28.4 Å². The fourth-order valence-electron chi connectivity index (χ4n) is 2.75. The second-order valence-corrected chi connectivity index (χ2v) is 8.59. The Bertz CT molecular complexity index is 796. The molecule has 0 saturated heterocycles. The first kappa shape index (κ1) is 21.1. The van der Waals surface area contributed by atoms with E-state index in [1.54, 1.807) is 24.3 Å². The van der Waals surface area contributed by atoms with Gasteiger partial charge in [0, 0.05) is 32.2 Å². The van der Waals surface area contributed by atoms with Crippen LogP contribution in [0, 0.1) is 0 Å². The smallest absolute Gasteiger partial charge is 0.263 e. The summed E-state index contributed by atoms with van der Waals surface area (Å²) >= 11 is 0. The number of aliphatic hydroxyl groups is 1. The normalized spacial score (nSPS) is 14.2. The maximum Gasteiger partial charge on any atom is 0.263 e. The molecule has 2 unspecified atom stereocenters. The average Bonchev–Trinajstić information content (AvgIpc) is 2.71. The molecule has 0 saturated carbocycles. The summed E-state index contributed by atoms with van der Waals surface area (Å²) < 4.78 is 34.8. The van der Waals surface area contributed by atoms with Crippen LogP contribution in [-0.4, -0.2) is 47.6 Å². The molecule has 8 heteroatoms. The fourth-order valence-corrected chi connectivity index (χ4v) is 4.55. The predicted octanol–water partition coefficient (Wildman–Crippen LogP) is 3.02. The average molecular weight is 395 g/mol. The molecule has 0 aliphatic carbocycles. The molecule has 2 rings (SSSR count). The van der Waals surface area contributed by atoms with Crippen LogP contribution in [0.25, 0.3) is 0 Å². The number of anilines is 1. The maximum atomic E-state index is 13.5. The lowest BCUT2D eigenvalue weighted by molar-refractivity contribution is 0.227. The Hall–Kier alpha value is -2.21. The Balaban J connectivity index is 2.52. The van der Waals surface area contributed by atoms with E-state index in [0.717, 1.165) is 5.69 Å². The zero-order valence-corrected chi connectivity index (χ0v) is 17.3. The van der Waals surface area contributed by atoms with Gasteiger partial charge >= 0.3 is 0 Å². The Kier molecular flexibility index (Phi) is 6.76. The number of aliphatic hydroxyl groups excluding tert-OH is 1. The third kappa shape index (κ3) is 4.05. The minimum atomic E-state index is -3.61. The monoisotopic (exact) mass is 395 g/mol. The highest BCUT2D eigenvalue weighted by molar-refractivity contribution is 7.67. The van der Waals surface area contributed by atoms with Crippen LogP contribution in [0.1, 0.15) is 11.4 Å². The molecule has 0 aliphatic heterocycles. The number of hydrogen-bond donors (Lipinski definition) is 1. The molecule has 2 atom stereocenters. The summed E-state index contributed by atoms with van der Waals surface area (Å²) in [7, 11) is 5.97. The summed E-state index contributed by atoms with van der Waals surface area (Å²) in [6.45, 7) is 0. The number of benzene rings is 2. The van der Waals surface area contributed by atoms with Gasteiger partial charge in [0.2, 0.25) is 5.75 Å². The van der Waals surface area contributed by atoms with Crippen LogP contribution in [0.4, 0.5) is 5.69 Å². The summed E-state index contributed by atoms with van der Waals surface area (Å²) in [6.07, 6.45) is 0. The van der Waals surface area contributed by atoms with Gasteiger partial charge in [-0.05, 0) is 42.0 Å². The SMILES string of the molecule is COc1cc(C(O)P(=O)(OC)c2ccc(N(C)C)cc2)cc(OC)c1OC.